The summed E-state index contributed by atoms with van der Waals surface area (Å²) in [6.45, 7) is 7.73. The van der Waals surface area contributed by atoms with Crippen LogP contribution in [-0.4, -0.2) is 25.3 Å². The minimum atomic E-state index is -3.70. The average molecular weight is 464 g/mol. The second kappa shape index (κ2) is 13.7. The summed E-state index contributed by atoms with van der Waals surface area (Å²) in [4.78, 5) is 14.1. The van der Waals surface area contributed by atoms with Crippen molar-refractivity contribution in [3.63, 3.8) is 0 Å². The number of allylic oxidation sites excluding steroid dienone is 4. The molecule has 1 aliphatic heterocycles. The van der Waals surface area contributed by atoms with Gasteiger partial charge in [-0.05, 0) is 19.9 Å². The SMILES string of the molecule is C/C=C\C(C=O)=C(/C)Cl.CC.N/C=C(\N=CCN)c1cc2c(cc1Cl)OC(F)(F)O2. The van der Waals surface area contributed by atoms with Gasteiger partial charge in [-0.3, -0.25) is 9.79 Å². The highest BCUT2D eigenvalue weighted by molar-refractivity contribution is 6.32. The number of nitrogens with two attached hydrogens (primary N) is 2. The molecule has 0 unspecified atom stereocenters. The number of carbonyl (C=O) groups is 1. The Bertz CT molecular complexity index is 835. The molecule has 0 saturated carbocycles. The van der Waals surface area contributed by atoms with Crippen molar-refractivity contribution in [3.05, 3.63) is 51.7 Å². The van der Waals surface area contributed by atoms with Crippen LogP contribution in [0.5, 0.6) is 11.5 Å². The van der Waals surface area contributed by atoms with E-state index in [9.17, 15) is 13.6 Å². The summed E-state index contributed by atoms with van der Waals surface area (Å²) >= 11 is 11.5. The number of benzene rings is 1. The molecule has 1 aromatic rings. The van der Waals surface area contributed by atoms with E-state index < -0.39 is 6.29 Å². The number of hydrogen-bond acceptors (Lipinski definition) is 6. The number of hydrogen-bond donors (Lipinski definition) is 2. The van der Waals surface area contributed by atoms with Gasteiger partial charge in [0.05, 0.1) is 10.7 Å². The van der Waals surface area contributed by atoms with Gasteiger partial charge < -0.3 is 20.9 Å². The van der Waals surface area contributed by atoms with Crippen molar-refractivity contribution in [2.75, 3.05) is 6.54 Å². The highest BCUT2D eigenvalue weighted by Gasteiger charge is 2.43. The summed E-state index contributed by atoms with van der Waals surface area (Å²) in [6, 6.07) is 2.50. The first-order chi connectivity index (χ1) is 14.2. The molecular weight excluding hydrogens is 439 g/mol. The second-order valence-electron chi connectivity index (χ2n) is 5.15. The van der Waals surface area contributed by atoms with Crippen LogP contribution in [0.1, 0.15) is 33.3 Å². The highest BCUT2D eigenvalue weighted by Crippen LogP contribution is 2.44. The number of alkyl halides is 2. The summed E-state index contributed by atoms with van der Waals surface area (Å²) in [6.07, 6.45) is 3.09. The van der Waals surface area contributed by atoms with E-state index in [1.54, 1.807) is 19.1 Å². The fourth-order valence-electron chi connectivity index (χ4n) is 1.94. The van der Waals surface area contributed by atoms with Crippen molar-refractivity contribution in [1.82, 2.24) is 0 Å². The molecule has 6 nitrogen and oxygen atoms in total. The predicted molar refractivity (Wildman–Crippen MR) is 118 cm³/mol. The minimum Gasteiger partial charge on any atom is -0.403 e. The predicted octanol–water partition coefficient (Wildman–Crippen LogP) is 5.25. The fourth-order valence-corrected chi connectivity index (χ4v) is 2.29. The number of fused-ring (bicyclic) bond motifs is 1. The lowest BCUT2D eigenvalue weighted by Crippen LogP contribution is -2.25. The highest BCUT2D eigenvalue weighted by atomic mass is 35.5. The van der Waals surface area contributed by atoms with Crippen LogP contribution >= 0.6 is 23.2 Å². The van der Waals surface area contributed by atoms with E-state index in [0.29, 0.717) is 16.2 Å². The molecule has 1 heterocycles. The molecule has 0 spiro atoms. The molecule has 0 bridgehead atoms. The van der Waals surface area contributed by atoms with E-state index >= 15 is 0 Å². The zero-order valence-electron chi connectivity index (χ0n) is 17.1. The van der Waals surface area contributed by atoms with E-state index in [0.717, 1.165) is 6.29 Å². The molecule has 0 aromatic heterocycles. The number of halogens is 4. The molecule has 0 amide bonds. The van der Waals surface area contributed by atoms with Crippen molar-refractivity contribution in [3.8, 4) is 11.5 Å². The van der Waals surface area contributed by atoms with Gasteiger partial charge in [0.25, 0.3) is 0 Å². The van der Waals surface area contributed by atoms with Crippen LogP contribution in [0.3, 0.4) is 0 Å². The first-order valence-corrected chi connectivity index (χ1v) is 9.63. The normalized spacial score (nSPS) is 15.2. The molecule has 0 aliphatic carbocycles. The maximum atomic E-state index is 12.9. The number of carbonyl (C=O) groups excluding carboxylic acids is 1. The van der Waals surface area contributed by atoms with Gasteiger partial charge in [-0.2, -0.15) is 0 Å². The van der Waals surface area contributed by atoms with Gasteiger partial charge in [-0.1, -0.05) is 49.2 Å². The molecular formula is C20H25Cl2F2N3O3. The lowest BCUT2D eigenvalue weighted by molar-refractivity contribution is -0.286. The Labute approximate surface area is 184 Å². The lowest BCUT2D eigenvalue weighted by Gasteiger charge is -2.05. The van der Waals surface area contributed by atoms with Crippen LogP contribution < -0.4 is 20.9 Å². The largest absolute Gasteiger partial charge is 0.586 e. The van der Waals surface area contributed by atoms with Crippen LogP contribution in [0.15, 0.2) is 46.1 Å². The maximum absolute atomic E-state index is 12.9. The Kier molecular flexibility index (Phi) is 12.6. The van der Waals surface area contributed by atoms with Crippen molar-refractivity contribution >= 4 is 41.4 Å². The number of ether oxygens (including phenoxy) is 2. The zero-order chi connectivity index (χ0) is 23.3. The third-order valence-corrected chi connectivity index (χ3v) is 3.66. The molecule has 4 N–H and O–H groups in total. The standard InChI is InChI=1S/C11H10ClF2N3O2.C7H9ClO.C2H6/c12-7-4-10-9(18-11(13,14)19-10)3-6(7)8(5-16)17-2-1-15;1-3-4-7(5-9)6(2)8;1-2/h2-5H,1,15-16H2;3-5H,1-2H3;1-2H3/b8-5-,17-2?;4-3-,7-6-;. The monoisotopic (exact) mass is 463 g/mol. The van der Waals surface area contributed by atoms with Gasteiger partial charge in [0, 0.05) is 41.2 Å². The lowest BCUT2D eigenvalue weighted by atomic mass is 10.1. The molecule has 1 aromatic carbocycles. The quantitative estimate of drug-likeness (QED) is 0.268. The van der Waals surface area contributed by atoms with Crippen LogP contribution in [0.4, 0.5) is 8.78 Å². The third-order valence-electron chi connectivity index (χ3n) is 3.13. The smallest absolute Gasteiger partial charge is 0.403 e. The first kappa shape index (κ1) is 27.6. The molecule has 0 saturated heterocycles. The van der Waals surface area contributed by atoms with Crippen LogP contribution in [0.2, 0.25) is 5.02 Å². The van der Waals surface area contributed by atoms with Gasteiger partial charge in [0.1, 0.15) is 0 Å². The maximum Gasteiger partial charge on any atom is 0.586 e. The molecule has 30 heavy (non-hydrogen) atoms. The Morgan fingerprint density at radius 2 is 1.83 bits per heavy atom. The summed E-state index contributed by atoms with van der Waals surface area (Å²) < 4.78 is 34.4. The van der Waals surface area contributed by atoms with Crippen molar-refractivity contribution in [1.29, 1.82) is 0 Å². The Morgan fingerprint density at radius 1 is 1.27 bits per heavy atom. The van der Waals surface area contributed by atoms with Crippen LogP contribution in [-0.2, 0) is 4.79 Å². The van der Waals surface area contributed by atoms with E-state index in [1.165, 1.54) is 24.5 Å². The number of nitrogens with zero attached hydrogens (tertiary/aromatic N) is 1. The summed E-state index contributed by atoms with van der Waals surface area (Å²) in [7, 11) is 0. The van der Waals surface area contributed by atoms with E-state index in [-0.39, 0.29) is 28.8 Å². The fraction of sp³-hybridized carbons (Fsp3) is 0.300. The van der Waals surface area contributed by atoms with Crippen LogP contribution in [0.25, 0.3) is 5.70 Å². The first-order valence-electron chi connectivity index (χ1n) is 8.87. The number of rotatable bonds is 5. The molecule has 0 atom stereocenters. The molecule has 1 aliphatic rings. The van der Waals surface area contributed by atoms with E-state index in [4.69, 9.17) is 34.7 Å². The van der Waals surface area contributed by atoms with Crippen molar-refractivity contribution in [2.24, 2.45) is 16.5 Å². The van der Waals surface area contributed by atoms with Gasteiger partial charge >= 0.3 is 6.29 Å². The van der Waals surface area contributed by atoms with Crippen molar-refractivity contribution in [2.45, 2.75) is 34.0 Å². The minimum absolute atomic E-state index is 0.133. The molecule has 0 fully saturated rings. The number of aliphatic imine (C=N–C) groups is 1. The van der Waals surface area contributed by atoms with Gasteiger partial charge in [0.2, 0.25) is 0 Å². The number of aldehydes is 1. The third kappa shape index (κ3) is 8.52. The van der Waals surface area contributed by atoms with Crippen molar-refractivity contribution < 1.29 is 23.0 Å². The Hall–Kier alpha value is -2.42. The van der Waals surface area contributed by atoms with Gasteiger partial charge in [-0.25, -0.2) is 0 Å². The molecule has 10 heteroatoms. The summed E-state index contributed by atoms with van der Waals surface area (Å²) in [5.74, 6) is -0.273. The Balaban J connectivity index is 0.000000648. The Morgan fingerprint density at radius 3 is 2.23 bits per heavy atom. The summed E-state index contributed by atoms with van der Waals surface area (Å²) in [5, 5.41) is 0.689. The van der Waals surface area contributed by atoms with Crippen LogP contribution in [0, 0.1) is 0 Å². The van der Waals surface area contributed by atoms with Gasteiger partial charge in [0.15, 0.2) is 17.8 Å². The summed E-state index contributed by atoms with van der Waals surface area (Å²) in [5.41, 5.74) is 11.9. The molecule has 166 valence electrons. The van der Waals surface area contributed by atoms with E-state index in [1.807, 2.05) is 20.8 Å². The van der Waals surface area contributed by atoms with Gasteiger partial charge in [-0.15, -0.1) is 8.78 Å². The van der Waals surface area contributed by atoms with E-state index in [2.05, 4.69) is 14.5 Å². The topological polar surface area (TPSA) is 99.9 Å². The average Bonchev–Trinajstić information content (AvgIpc) is 3.01. The molecule has 2 rings (SSSR count). The molecule has 0 radical (unpaired) electrons. The zero-order valence-corrected chi connectivity index (χ0v) is 18.6. The second-order valence-corrected chi connectivity index (χ2v) is 6.13.